The molecule has 0 bridgehead atoms. The van der Waals surface area contributed by atoms with Gasteiger partial charge in [0.15, 0.2) is 0 Å². The van der Waals surface area contributed by atoms with Gasteiger partial charge in [0.2, 0.25) is 0 Å². The molecule has 3 rings (SSSR count). The van der Waals surface area contributed by atoms with E-state index < -0.39 is 58.0 Å². The third-order valence-electron chi connectivity index (χ3n) is 8.22. The fourth-order valence-electron chi connectivity index (χ4n) is 5.19. The average molecular weight is 611 g/mol. The molecule has 1 heterocycles. The third kappa shape index (κ3) is 7.62. The first kappa shape index (κ1) is 34.2. The first-order valence-corrected chi connectivity index (χ1v) is 14.1. The first-order chi connectivity index (χ1) is 19.8. The van der Waals surface area contributed by atoms with Crippen LogP contribution in [0.5, 0.6) is 5.75 Å². The van der Waals surface area contributed by atoms with Gasteiger partial charge in [-0.3, -0.25) is 4.79 Å². The van der Waals surface area contributed by atoms with Crippen LogP contribution in [0, 0.1) is 22.2 Å². The van der Waals surface area contributed by atoms with Crippen molar-refractivity contribution in [2.75, 3.05) is 26.4 Å². The van der Waals surface area contributed by atoms with E-state index in [1.54, 1.807) is 12.2 Å². The van der Waals surface area contributed by atoms with Gasteiger partial charge in [-0.25, -0.2) is 4.79 Å². The van der Waals surface area contributed by atoms with Gasteiger partial charge in [0, 0.05) is 11.5 Å². The number of fused-ring (bicyclic) bond motifs is 1. The highest BCUT2D eigenvalue weighted by Gasteiger charge is 2.53. The number of ether oxygens (including phenoxy) is 4. The van der Waals surface area contributed by atoms with Gasteiger partial charge in [0.05, 0.1) is 23.2 Å². The van der Waals surface area contributed by atoms with Crippen LogP contribution in [0.3, 0.4) is 0 Å². The van der Waals surface area contributed by atoms with E-state index >= 15 is 0 Å². The normalized spacial score (nSPS) is 20.0. The van der Waals surface area contributed by atoms with Crippen LogP contribution in [0.25, 0.3) is 5.57 Å². The SMILES string of the molecule is CC(C)(C)C(C)(C(=O)OCC(O)COC1=CC2OC(=O)C(c3ccc(OCCO)cc3C(F)(F)F)=CC2C=C1)C(C)(C)C. The fourth-order valence-corrected chi connectivity index (χ4v) is 5.19. The molecular weight excluding hydrogens is 569 g/mol. The van der Waals surface area contributed by atoms with Crippen LogP contribution >= 0.6 is 0 Å². The van der Waals surface area contributed by atoms with Crippen molar-refractivity contribution in [2.45, 2.75) is 66.9 Å². The fraction of sp³-hybridized carbons (Fsp3) is 0.562. The summed E-state index contributed by atoms with van der Waals surface area (Å²) in [5.41, 5.74) is -3.30. The number of hydrogen-bond acceptors (Lipinski definition) is 8. The number of carbonyl (C=O) groups excluding carboxylic acids is 2. The van der Waals surface area contributed by atoms with E-state index in [0.29, 0.717) is 0 Å². The van der Waals surface area contributed by atoms with Crippen molar-refractivity contribution in [3.8, 4) is 5.75 Å². The maximum absolute atomic E-state index is 13.9. The average Bonchev–Trinajstić information content (AvgIpc) is 2.90. The Morgan fingerprint density at radius 3 is 2.23 bits per heavy atom. The summed E-state index contributed by atoms with van der Waals surface area (Å²) >= 11 is 0. The summed E-state index contributed by atoms with van der Waals surface area (Å²) in [7, 11) is 0. The monoisotopic (exact) mass is 610 g/mol. The predicted octanol–water partition coefficient (Wildman–Crippen LogP) is 5.47. The molecule has 0 saturated carbocycles. The first-order valence-electron chi connectivity index (χ1n) is 14.1. The van der Waals surface area contributed by atoms with Gasteiger partial charge >= 0.3 is 18.1 Å². The Bertz CT molecular complexity index is 1270. The molecule has 0 fully saturated rings. The van der Waals surface area contributed by atoms with Crippen LogP contribution in [0.2, 0.25) is 0 Å². The van der Waals surface area contributed by atoms with Crippen molar-refractivity contribution in [1.29, 1.82) is 0 Å². The maximum atomic E-state index is 13.9. The third-order valence-corrected chi connectivity index (χ3v) is 8.22. The Morgan fingerprint density at radius 1 is 1.00 bits per heavy atom. The van der Waals surface area contributed by atoms with Crippen molar-refractivity contribution in [2.24, 2.45) is 22.2 Å². The van der Waals surface area contributed by atoms with Gasteiger partial charge in [0.25, 0.3) is 0 Å². The molecule has 0 aromatic heterocycles. The number of allylic oxidation sites excluding steroid dienone is 1. The van der Waals surface area contributed by atoms with E-state index in [2.05, 4.69) is 0 Å². The summed E-state index contributed by atoms with van der Waals surface area (Å²) in [4.78, 5) is 25.9. The number of esters is 2. The van der Waals surface area contributed by atoms with Gasteiger partial charge in [-0.15, -0.1) is 0 Å². The number of hydrogen-bond donors (Lipinski definition) is 2. The van der Waals surface area contributed by atoms with Crippen LogP contribution in [0.15, 0.2) is 48.3 Å². The predicted molar refractivity (Wildman–Crippen MR) is 153 cm³/mol. The van der Waals surface area contributed by atoms with E-state index in [-0.39, 0.29) is 49.1 Å². The highest BCUT2D eigenvalue weighted by molar-refractivity contribution is 6.17. The Labute approximate surface area is 250 Å². The molecule has 2 N–H and O–H groups in total. The number of alkyl halides is 3. The van der Waals surface area contributed by atoms with Crippen LogP contribution in [-0.2, 0) is 30.0 Å². The minimum Gasteiger partial charge on any atom is -0.491 e. The maximum Gasteiger partial charge on any atom is 0.417 e. The summed E-state index contributed by atoms with van der Waals surface area (Å²) in [6.45, 7) is 12.6. The quantitative estimate of drug-likeness (QED) is 0.336. The Morgan fingerprint density at radius 2 is 1.65 bits per heavy atom. The van der Waals surface area contributed by atoms with Crippen LogP contribution in [-0.4, -0.2) is 60.8 Å². The second-order valence-corrected chi connectivity index (χ2v) is 12.9. The van der Waals surface area contributed by atoms with Crippen molar-refractivity contribution in [1.82, 2.24) is 0 Å². The molecule has 1 aliphatic heterocycles. The van der Waals surface area contributed by atoms with Crippen molar-refractivity contribution in [3.05, 3.63) is 59.4 Å². The summed E-state index contributed by atoms with van der Waals surface area (Å²) in [6.07, 6.45) is -0.626. The van der Waals surface area contributed by atoms with Crippen molar-refractivity contribution in [3.63, 3.8) is 0 Å². The lowest BCUT2D eigenvalue weighted by Gasteiger charge is -2.48. The molecule has 0 amide bonds. The number of rotatable bonds is 10. The molecule has 238 valence electrons. The van der Waals surface area contributed by atoms with E-state index in [0.717, 1.165) is 12.1 Å². The molecule has 0 saturated heterocycles. The topological polar surface area (TPSA) is 112 Å². The molecular formula is C32H41F3O8. The van der Waals surface area contributed by atoms with Gasteiger partial charge in [-0.05, 0) is 48.1 Å². The Balaban J connectivity index is 1.67. The summed E-state index contributed by atoms with van der Waals surface area (Å²) in [5, 5.41) is 19.3. The van der Waals surface area contributed by atoms with Crippen LogP contribution in [0.1, 0.15) is 59.6 Å². The minimum atomic E-state index is -4.78. The zero-order valence-corrected chi connectivity index (χ0v) is 25.6. The Kier molecular flexibility index (Phi) is 10.1. The smallest absolute Gasteiger partial charge is 0.417 e. The van der Waals surface area contributed by atoms with E-state index in [1.165, 1.54) is 18.2 Å². The number of aliphatic hydroxyl groups excluding tert-OH is 2. The number of benzene rings is 1. The molecule has 0 spiro atoms. The second kappa shape index (κ2) is 12.7. The molecule has 8 nitrogen and oxygen atoms in total. The summed E-state index contributed by atoms with van der Waals surface area (Å²) < 4.78 is 63.3. The lowest BCUT2D eigenvalue weighted by atomic mass is 9.55. The molecule has 11 heteroatoms. The minimum absolute atomic E-state index is 0.0931. The lowest BCUT2D eigenvalue weighted by molar-refractivity contribution is -0.176. The van der Waals surface area contributed by atoms with Gasteiger partial charge < -0.3 is 29.2 Å². The van der Waals surface area contributed by atoms with Crippen LogP contribution < -0.4 is 4.74 Å². The summed E-state index contributed by atoms with van der Waals surface area (Å²) in [6, 6.07) is 3.21. The molecule has 43 heavy (non-hydrogen) atoms. The van der Waals surface area contributed by atoms with Crippen molar-refractivity contribution >= 4 is 17.5 Å². The molecule has 1 aliphatic carbocycles. The van der Waals surface area contributed by atoms with Crippen LogP contribution in [0.4, 0.5) is 13.2 Å². The summed E-state index contributed by atoms with van der Waals surface area (Å²) in [5.74, 6) is -1.72. The van der Waals surface area contributed by atoms with Gasteiger partial charge in [-0.2, -0.15) is 13.2 Å². The molecule has 0 radical (unpaired) electrons. The number of halogens is 3. The van der Waals surface area contributed by atoms with Gasteiger partial charge in [0.1, 0.15) is 43.5 Å². The molecule has 1 aromatic carbocycles. The highest BCUT2D eigenvalue weighted by Crippen LogP contribution is 2.52. The molecule has 3 atom stereocenters. The number of aliphatic hydroxyl groups is 2. The molecule has 3 unspecified atom stereocenters. The number of carbonyl (C=O) groups is 2. The van der Waals surface area contributed by atoms with Crippen molar-refractivity contribution < 1.29 is 51.9 Å². The highest BCUT2D eigenvalue weighted by atomic mass is 19.4. The van der Waals surface area contributed by atoms with E-state index in [1.807, 2.05) is 48.5 Å². The van der Waals surface area contributed by atoms with E-state index in [9.17, 15) is 27.9 Å². The second-order valence-electron chi connectivity index (χ2n) is 12.9. The zero-order chi connectivity index (χ0) is 32.4. The largest absolute Gasteiger partial charge is 0.491 e. The zero-order valence-electron chi connectivity index (χ0n) is 25.6. The van der Waals surface area contributed by atoms with Gasteiger partial charge in [-0.1, -0.05) is 53.7 Å². The Hall–Kier alpha value is -3.31. The molecule has 2 aliphatic rings. The van der Waals surface area contributed by atoms with E-state index in [4.69, 9.17) is 24.1 Å². The molecule has 1 aromatic rings. The lowest BCUT2D eigenvalue weighted by Crippen LogP contribution is -2.51. The standard InChI is InChI=1S/C32H41F3O8/c1-29(2,3)31(7,30(4,5)6)28(39)42-18-20(37)17-41-22-9-8-19-14-24(27(38)43-26(19)16-22)23-11-10-21(40-13-12-36)15-25(23)32(33,34)35/h8-11,14-16,19-20,26,36-37H,12-13,17-18H2,1-7H3.